The lowest BCUT2D eigenvalue weighted by molar-refractivity contribution is 0.0985. The Hall–Kier alpha value is -3.08. The van der Waals surface area contributed by atoms with Crippen molar-refractivity contribution < 1.29 is 31.2 Å². The van der Waals surface area contributed by atoms with Gasteiger partial charge in [-0.15, -0.1) is 0 Å². The van der Waals surface area contributed by atoms with Crippen LogP contribution in [0.25, 0.3) is 0 Å². The molecule has 2 aromatic carbocycles. The van der Waals surface area contributed by atoms with Crippen molar-refractivity contribution in [3.05, 3.63) is 53.3 Å². The molecule has 0 aromatic heterocycles. The molecule has 1 heterocycles. The first-order valence-corrected chi connectivity index (χ1v) is 8.09. The minimum atomic E-state index is -4.00. The highest BCUT2D eigenvalue weighted by Crippen LogP contribution is 2.26. The fraction of sp³-hybridized carbons (Fsp3) is 0. The van der Waals surface area contributed by atoms with Crippen LogP contribution < -0.4 is 15.4 Å². The van der Waals surface area contributed by atoms with E-state index in [9.17, 15) is 31.2 Å². The largest absolute Gasteiger partial charge is 0.323 e. The maximum absolute atomic E-state index is 13.1. The number of urea groups is 1. The van der Waals surface area contributed by atoms with Crippen molar-refractivity contribution in [2.75, 3.05) is 10.6 Å². The van der Waals surface area contributed by atoms with Crippen LogP contribution >= 0.6 is 0 Å². The van der Waals surface area contributed by atoms with E-state index in [4.69, 9.17) is 0 Å². The van der Waals surface area contributed by atoms with E-state index in [1.165, 1.54) is 12.1 Å². The van der Waals surface area contributed by atoms with Gasteiger partial charge in [-0.05, 0) is 18.2 Å². The first-order valence-electron chi connectivity index (χ1n) is 6.61. The van der Waals surface area contributed by atoms with Gasteiger partial charge in [0.1, 0.15) is 4.90 Å². The van der Waals surface area contributed by atoms with Crippen LogP contribution in [0.5, 0.6) is 0 Å². The number of rotatable bonds is 2. The van der Waals surface area contributed by atoms with Crippen molar-refractivity contribution in [2.24, 2.45) is 0 Å². The second-order valence-corrected chi connectivity index (χ2v) is 6.63. The molecule has 3 rings (SSSR count). The first kappa shape index (κ1) is 16.8. The molecule has 1 aliphatic heterocycles. The predicted octanol–water partition coefficient (Wildman–Crippen LogP) is 2.18. The molecule has 25 heavy (non-hydrogen) atoms. The molecule has 3 amide bonds. The molecule has 11 heteroatoms. The van der Waals surface area contributed by atoms with Crippen molar-refractivity contribution in [3.8, 4) is 0 Å². The molecule has 130 valence electrons. The van der Waals surface area contributed by atoms with Crippen molar-refractivity contribution >= 4 is 33.3 Å². The standard InChI is InChI=1S/C14H8F3N3O4S/c15-9-3-7(4-10(16)12(9)17)19-14(22)18-6-1-2-8-11(5-6)25(23,24)20-13(8)21/h1-5H,(H,20,21)(H2,18,19,22). The van der Waals surface area contributed by atoms with E-state index in [0.717, 1.165) is 6.07 Å². The zero-order valence-electron chi connectivity index (χ0n) is 12.1. The van der Waals surface area contributed by atoms with Gasteiger partial charge < -0.3 is 10.6 Å². The molecule has 0 fully saturated rings. The summed E-state index contributed by atoms with van der Waals surface area (Å²) in [6.45, 7) is 0. The molecule has 0 aliphatic carbocycles. The van der Waals surface area contributed by atoms with Crippen LogP contribution in [0.1, 0.15) is 10.4 Å². The number of halogens is 3. The Bertz CT molecular complexity index is 1000. The van der Waals surface area contributed by atoms with Gasteiger partial charge in [0.25, 0.3) is 15.9 Å². The highest BCUT2D eigenvalue weighted by molar-refractivity contribution is 7.90. The maximum Gasteiger partial charge on any atom is 0.323 e. The first-order chi connectivity index (χ1) is 11.7. The summed E-state index contributed by atoms with van der Waals surface area (Å²) in [5.41, 5.74) is -0.410. The van der Waals surface area contributed by atoms with Gasteiger partial charge >= 0.3 is 6.03 Å². The zero-order chi connectivity index (χ0) is 18.4. The van der Waals surface area contributed by atoms with E-state index in [1.54, 1.807) is 4.72 Å². The summed E-state index contributed by atoms with van der Waals surface area (Å²) < 4.78 is 64.3. The number of anilines is 2. The minimum Gasteiger partial charge on any atom is -0.308 e. The lowest BCUT2D eigenvalue weighted by Gasteiger charge is -2.09. The average Bonchev–Trinajstić information content (AvgIpc) is 2.74. The Morgan fingerprint density at radius 3 is 2.20 bits per heavy atom. The molecule has 2 aromatic rings. The van der Waals surface area contributed by atoms with Crippen molar-refractivity contribution in [1.82, 2.24) is 4.72 Å². The van der Waals surface area contributed by atoms with Crippen LogP contribution in [0.2, 0.25) is 0 Å². The Labute approximate surface area is 138 Å². The third-order valence-corrected chi connectivity index (χ3v) is 4.61. The molecule has 0 bridgehead atoms. The third kappa shape index (κ3) is 3.13. The van der Waals surface area contributed by atoms with Gasteiger partial charge in [0, 0.05) is 23.5 Å². The number of sulfonamides is 1. The summed E-state index contributed by atoms with van der Waals surface area (Å²) in [7, 11) is -4.00. The van der Waals surface area contributed by atoms with E-state index in [1.807, 2.05) is 0 Å². The minimum absolute atomic E-state index is 0.0133. The number of benzene rings is 2. The van der Waals surface area contributed by atoms with Crippen LogP contribution in [-0.2, 0) is 10.0 Å². The van der Waals surface area contributed by atoms with Crippen LogP contribution in [0.15, 0.2) is 35.2 Å². The molecule has 0 spiro atoms. The summed E-state index contributed by atoms with van der Waals surface area (Å²) in [4.78, 5) is 23.0. The van der Waals surface area contributed by atoms with Crippen LogP contribution in [0.4, 0.5) is 29.3 Å². The van der Waals surface area contributed by atoms with Gasteiger partial charge in [0.05, 0.1) is 5.56 Å². The van der Waals surface area contributed by atoms with Gasteiger partial charge in [-0.3, -0.25) is 4.79 Å². The Morgan fingerprint density at radius 1 is 0.960 bits per heavy atom. The van der Waals surface area contributed by atoms with Gasteiger partial charge in [-0.25, -0.2) is 31.1 Å². The summed E-state index contributed by atoms with van der Waals surface area (Å²) in [5.74, 6) is -5.43. The number of hydrogen-bond donors (Lipinski definition) is 3. The average molecular weight is 371 g/mol. The summed E-state index contributed by atoms with van der Waals surface area (Å²) >= 11 is 0. The summed E-state index contributed by atoms with van der Waals surface area (Å²) in [5, 5.41) is 4.30. The van der Waals surface area contributed by atoms with E-state index in [2.05, 4.69) is 10.6 Å². The SMILES string of the molecule is O=C(Nc1cc(F)c(F)c(F)c1)Nc1ccc2c(c1)S(=O)(=O)NC2=O. The van der Waals surface area contributed by atoms with E-state index < -0.39 is 39.4 Å². The Morgan fingerprint density at radius 2 is 1.56 bits per heavy atom. The molecular formula is C14H8F3N3O4S. The summed E-state index contributed by atoms with van der Waals surface area (Å²) in [6, 6.07) is 3.71. The summed E-state index contributed by atoms with van der Waals surface area (Å²) in [6.07, 6.45) is 0. The van der Waals surface area contributed by atoms with E-state index in [-0.39, 0.29) is 21.8 Å². The maximum atomic E-state index is 13.1. The van der Waals surface area contributed by atoms with E-state index in [0.29, 0.717) is 12.1 Å². The molecule has 7 nitrogen and oxygen atoms in total. The fourth-order valence-electron chi connectivity index (χ4n) is 2.16. The molecular weight excluding hydrogens is 363 g/mol. The third-order valence-electron chi connectivity index (χ3n) is 3.24. The van der Waals surface area contributed by atoms with Crippen molar-refractivity contribution in [1.29, 1.82) is 0 Å². The monoisotopic (exact) mass is 371 g/mol. The smallest absolute Gasteiger partial charge is 0.308 e. The van der Waals surface area contributed by atoms with Crippen molar-refractivity contribution in [2.45, 2.75) is 4.90 Å². The fourth-order valence-corrected chi connectivity index (χ4v) is 3.36. The second-order valence-electron chi connectivity index (χ2n) is 4.98. The quantitative estimate of drug-likeness (QED) is 0.704. The highest BCUT2D eigenvalue weighted by atomic mass is 32.2. The van der Waals surface area contributed by atoms with Gasteiger partial charge in [0.2, 0.25) is 0 Å². The lowest BCUT2D eigenvalue weighted by atomic mass is 10.2. The molecule has 0 unspecified atom stereocenters. The predicted molar refractivity (Wildman–Crippen MR) is 80.1 cm³/mol. The molecule has 1 aliphatic rings. The second kappa shape index (κ2) is 5.77. The van der Waals surface area contributed by atoms with Gasteiger partial charge in [0.15, 0.2) is 17.5 Å². The number of hydrogen-bond acceptors (Lipinski definition) is 4. The van der Waals surface area contributed by atoms with Gasteiger partial charge in [-0.1, -0.05) is 0 Å². The number of fused-ring (bicyclic) bond motifs is 1. The number of carbonyl (C=O) groups excluding carboxylic acids is 2. The molecule has 3 N–H and O–H groups in total. The Balaban J connectivity index is 1.80. The lowest BCUT2D eigenvalue weighted by Crippen LogP contribution is -2.21. The molecule has 0 saturated heterocycles. The normalized spacial score (nSPS) is 14.6. The molecule has 0 atom stereocenters. The molecule has 0 saturated carbocycles. The number of carbonyl (C=O) groups is 2. The number of nitrogens with one attached hydrogen (secondary N) is 3. The molecule has 0 radical (unpaired) electrons. The van der Waals surface area contributed by atoms with Crippen LogP contribution in [0.3, 0.4) is 0 Å². The Kier molecular flexibility index (Phi) is 3.87. The zero-order valence-corrected chi connectivity index (χ0v) is 12.9. The topological polar surface area (TPSA) is 104 Å². The van der Waals surface area contributed by atoms with E-state index >= 15 is 0 Å². The van der Waals surface area contributed by atoms with Crippen molar-refractivity contribution in [3.63, 3.8) is 0 Å². The van der Waals surface area contributed by atoms with Crippen LogP contribution in [0, 0.1) is 17.5 Å². The van der Waals surface area contributed by atoms with Crippen LogP contribution in [-0.4, -0.2) is 20.4 Å². The highest BCUT2D eigenvalue weighted by Gasteiger charge is 2.32. The number of amides is 3. The van der Waals surface area contributed by atoms with Gasteiger partial charge in [-0.2, -0.15) is 0 Å².